The highest BCUT2D eigenvalue weighted by Crippen LogP contribution is 2.32. The number of hydrogen-bond donors (Lipinski definition) is 0. The fraction of sp³-hybridized carbons (Fsp3) is 0.0833. The van der Waals surface area contributed by atoms with E-state index in [-0.39, 0.29) is 0 Å². The highest BCUT2D eigenvalue weighted by molar-refractivity contribution is 6.33. The Morgan fingerprint density at radius 1 is 1.00 bits per heavy atom. The molecule has 0 N–H and O–H groups in total. The van der Waals surface area contributed by atoms with Gasteiger partial charge in [0.15, 0.2) is 0 Å². The predicted octanol–water partition coefficient (Wildman–Crippen LogP) is 5.82. The first-order valence-electron chi connectivity index (χ1n) is 9.20. The zero-order chi connectivity index (χ0) is 20.2. The van der Waals surface area contributed by atoms with E-state index in [9.17, 15) is 4.39 Å². The van der Waals surface area contributed by atoms with Gasteiger partial charge >= 0.3 is 0 Å². The molecule has 0 saturated carbocycles. The molecule has 4 aromatic rings. The molecule has 29 heavy (non-hydrogen) atoms. The molecule has 0 aliphatic rings. The van der Waals surface area contributed by atoms with E-state index in [0.29, 0.717) is 34.3 Å². The van der Waals surface area contributed by atoms with E-state index in [1.54, 1.807) is 18.3 Å². The van der Waals surface area contributed by atoms with E-state index < -0.39 is 5.82 Å². The van der Waals surface area contributed by atoms with E-state index >= 15 is 0 Å². The van der Waals surface area contributed by atoms with Crippen LogP contribution in [0.15, 0.2) is 73.1 Å². The van der Waals surface area contributed by atoms with Crippen LogP contribution >= 0.6 is 11.6 Å². The van der Waals surface area contributed by atoms with Gasteiger partial charge in [0.05, 0.1) is 16.3 Å². The lowest BCUT2D eigenvalue weighted by molar-refractivity contribution is 0.627. The third-order valence-electron chi connectivity index (χ3n) is 4.47. The van der Waals surface area contributed by atoms with Crippen LogP contribution in [0.2, 0.25) is 5.02 Å². The lowest BCUT2D eigenvalue weighted by atomic mass is 10.2. The minimum atomic E-state index is -0.394. The van der Waals surface area contributed by atoms with Crippen LogP contribution in [-0.4, -0.2) is 14.5 Å². The average Bonchev–Trinajstić information content (AvgIpc) is 3.17. The second kappa shape index (κ2) is 8.30. The van der Waals surface area contributed by atoms with Crippen molar-refractivity contribution in [1.82, 2.24) is 14.5 Å². The molecule has 0 aliphatic carbocycles. The van der Waals surface area contributed by atoms with Gasteiger partial charge in [0.1, 0.15) is 17.3 Å². The van der Waals surface area contributed by atoms with Crippen molar-refractivity contribution >= 4 is 11.6 Å². The Morgan fingerprint density at radius 2 is 1.83 bits per heavy atom. The Labute approximate surface area is 173 Å². The van der Waals surface area contributed by atoms with Crippen molar-refractivity contribution < 1.29 is 4.39 Å². The molecule has 2 aromatic carbocycles. The summed E-state index contributed by atoms with van der Waals surface area (Å²) < 4.78 is 16.3. The highest BCUT2D eigenvalue weighted by atomic mass is 35.5. The molecule has 0 atom stereocenters. The molecular formula is C24H17ClFN3. The first kappa shape index (κ1) is 18.9. The summed E-state index contributed by atoms with van der Waals surface area (Å²) in [6.07, 6.45) is 3.61. The number of pyridine rings is 1. The van der Waals surface area contributed by atoms with E-state index in [2.05, 4.69) is 21.8 Å². The van der Waals surface area contributed by atoms with Crippen molar-refractivity contribution in [2.24, 2.45) is 0 Å². The van der Waals surface area contributed by atoms with Crippen molar-refractivity contribution in [2.75, 3.05) is 0 Å². The third kappa shape index (κ3) is 4.06. The predicted molar refractivity (Wildman–Crippen MR) is 114 cm³/mol. The van der Waals surface area contributed by atoms with E-state index in [1.807, 2.05) is 60.2 Å². The Bertz CT molecular complexity index is 1180. The summed E-state index contributed by atoms with van der Waals surface area (Å²) in [6, 6.07) is 18.2. The molecule has 2 aromatic heterocycles. The molecular weight excluding hydrogens is 385 g/mol. The molecule has 2 heterocycles. The summed E-state index contributed by atoms with van der Waals surface area (Å²) in [5.74, 6) is 6.25. The monoisotopic (exact) mass is 401 g/mol. The minimum Gasteiger partial charge on any atom is -0.330 e. The molecule has 0 fully saturated rings. The number of aromatic nitrogens is 3. The first-order valence-corrected chi connectivity index (χ1v) is 9.58. The number of halogens is 2. The van der Waals surface area contributed by atoms with Crippen LogP contribution in [-0.2, 0) is 6.54 Å². The van der Waals surface area contributed by atoms with Gasteiger partial charge in [-0.05, 0) is 49.2 Å². The fourth-order valence-corrected chi connectivity index (χ4v) is 3.23. The summed E-state index contributed by atoms with van der Waals surface area (Å²) in [6.45, 7) is 2.62. The molecule has 0 aliphatic heterocycles. The molecule has 0 amide bonds. The van der Waals surface area contributed by atoms with Gasteiger partial charge in [-0.1, -0.05) is 41.8 Å². The molecule has 4 rings (SSSR count). The number of nitrogens with zero attached hydrogens (tertiary/aromatic N) is 3. The number of imidazole rings is 1. The molecule has 3 nitrogen and oxygen atoms in total. The van der Waals surface area contributed by atoms with Gasteiger partial charge < -0.3 is 4.57 Å². The van der Waals surface area contributed by atoms with E-state index in [1.165, 1.54) is 6.07 Å². The summed E-state index contributed by atoms with van der Waals surface area (Å²) in [4.78, 5) is 9.05. The maximum Gasteiger partial charge on any atom is 0.145 e. The maximum atomic E-state index is 14.4. The molecule has 0 bridgehead atoms. The second-order valence-corrected chi connectivity index (χ2v) is 6.79. The van der Waals surface area contributed by atoms with Crippen molar-refractivity contribution in [3.63, 3.8) is 0 Å². The molecule has 0 saturated heterocycles. The molecule has 142 valence electrons. The smallest absolute Gasteiger partial charge is 0.145 e. The van der Waals surface area contributed by atoms with Gasteiger partial charge in [0.2, 0.25) is 0 Å². The normalized spacial score (nSPS) is 10.4. The topological polar surface area (TPSA) is 30.7 Å². The summed E-state index contributed by atoms with van der Waals surface area (Å²) in [5, 5.41) is 0.335. The van der Waals surface area contributed by atoms with Gasteiger partial charge in [0.25, 0.3) is 0 Å². The van der Waals surface area contributed by atoms with Gasteiger partial charge in [-0.2, -0.15) is 0 Å². The average molecular weight is 402 g/mol. The van der Waals surface area contributed by atoms with Gasteiger partial charge in [-0.15, -0.1) is 0 Å². The Balaban J connectivity index is 1.66. The van der Waals surface area contributed by atoms with Crippen molar-refractivity contribution in [1.29, 1.82) is 0 Å². The quantitative estimate of drug-likeness (QED) is 0.405. The largest absolute Gasteiger partial charge is 0.330 e. The fourth-order valence-electron chi connectivity index (χ4n) is 2.98. The Kier molecular flexibility index (Phi) is 5.41. The van der Waals surface area contributed by atoms with Gasteiger partial charge in [0, 0.05) is 30.1 Å². The summed E-state index contributed by atoms with van der Waals surface area (Å²) >= 11 is 6.23. The highest BCUT2D eigenvalue weighted by Gasteiger charge is 2.17. The molecule has 0 unspecified atom stereocenters. The van der Waals surface area contributed by atoms with Crippen molar-refractivity contribution in [3.8, 4) is 34.5 Å². The van der Waals surface area contributed by atoms with Crippen LogP contribution in [0.3, 0.4) is 0 Å². The van der Waals surface area contributed by atoms with E-state index in [0.717, 1.165) is 11.1 Å². The van der Waals surface area contributed by atoms with Crippen LogP contribution in [0, 0.1) is 17.7 Å². The van der Waals surface area contributed by atoms with Crippen molar-refractivity contribution in [3.05, 3.63) is 95.2 Å². The van der Waals surface area contributed by atoms with Crippen LogP contribution < -0.4 is 0 Å². The number of benzene rings is 2. The van der Waals surface area contributed by atoms with Crippen LogP contribution in [0.25, 0.3) is 22.6 Å². The number of aryl methyl sites for hydroxylation is 1. The second-order valence-electron chi connectivity index (χ2n) is 6.38. The Morgan fingerprint density at radius 3 is 2.52 bits per heavy atom. The zero-order valence-electron chi connectivity index (χ0n) is 15.7. The van der Waals surface area contributed by atoms with Crippen molar-refractivity contribution in [2.45, 2.75) is 13.5 Å². The van der Waals surface area contributed by atoms with Crippen LogP contribution in [0.4, 0.5) is 4.39 Å². The lowest BCUT2D eigenvalue weighted by Crippen LogP contribution is -1.98. The van der Waals surface area contributed by atoms with Gasteiger partial charge in [-0.25, -0.2) is 14.4 Å². The third-order valence-corrected chi connectivity index (χ3v) is 4.79. The zero-order valence-corrected chi connectivity index (χ0v) is 16.5. The van der Waals surface area contributed by atoms with E-state index in [4.69, 9.17) is 11.6 Å². The molecule has 0 radical (unpaired) electrons. The lowest BCUT2D eigenvalue weighted by Gasteiger charge is -2.07. The standard InChI is InChI=1S/C24H17ClFN3/c1-2-29-16-22(28-24(29)23-20(25)9-6-10-21(23)26)18-12-14-19(27-15-18)13-11-17-7-4-3-5-8-17/h3-10,12,14-16H,2H2,1H3. The first-order chi connectivity index (χ1) is 14.2. The van der Waals surface area contributed by atoms with Crippen LogP contribution in [0.5, 0.6) is 0 Å². The number of rotatable bonds is 3. The van der Waals surface area contributed by atoms with Gasteiger partial charge in [-0.3, -0.25) is 0 Å². The minimum absolute atomic E-state index is 0.306. The van der Waals surface area contributed by atoms with Crippen LogP contribution in [0.1, 0.15) is 18.2 Å². The molecule has 0 spiro atoms. The summed E-state index contributed by atoms with van der Waals surface area (Å²) in [7, 11) is 0. The Hall–Kier alpha value is -3.42. The SMILES string of the molecule is CCn1cc(-c2ccc(C#Cc3ccccc3)nc2)nc1-c1c(F)cccc1Cl. The summed E-state index contributed by atoms with van der Waals surface area (Å²) in [5.41, 5.74) is 3.45. The number of hydrogen-bond acceptors (Lipinski definition) is 2. The maximum absolute atomic E-state index is 14.4. The molecule has 5 heteroatoms.